The van der Waals surface area contributed by atoms with Gasteiger partial charge in [0.1, 0.15) is 5.78 Å². The van der Waals surface area contributed by atoms with Crippen LogP contribution in [0.2, 0.25) is 0 Å². The predicted molar refractivity (Wildman–Crippen MR) is 51.8 cm³/mol. The second kappa shape index (κ2) is 3.42. The first kappa shape index (κ1) is 8.63. The zero-order valence-electron chi connectivity index (χ0n) is 7.10. The van der Waals surface area contributed by atoms with Crippen molar-refractivity contribution >= 4 is 16.6 Å². The van der Waals surface area contributed by atoms with Crippen LogP contribution in [0.15, 0.2) is 30.3 Å². The Labute approximate surface area is 79.4 Å². The van der Waals surface area contributed by atoms with Gasteiger partial charge in [0.15, 0.2) is 0 Å². The van der Waals surface area contributed by atoms with Gasteiger partial charge in [-0.15, -0.1) is 0 Å². The van der Waals surface area contributed by atoms with Gasteiger partial charge in [-0.3, -0.25) is 9.00 Å². The van der Waals surface area contributed by atoms with Gasteiger partial charge in [0.05, 0.1) is 11.0 Å². The first-order valence-corrected chi connectivity index (χ1v) is 5.59. The van der Waals surface area contributed by atoms with E-state index in [0.717, 1.165) is 5.56 Å². The number of hydrogen-bond donors (Lipinski definition) is 0. The fourth-order valence-corrected chi connectivity index (χ4v) is 3.02. The van der Waals surface area contributed by atoms with Gasteiger partial charge in [-0.1, -0.05) is 30.3 Å². The van der Waals surface area contributed by atoms with Crippen molar-refractivity contribution < 1.29 is 9.00 Å². The van der Waals surface area contributed by atoms with Gasteiger partial charge >= 0.3 is 0 Å². The summed E-state index contributed by atoms with van der Waals surface area (Å²) in [6, 6.07) is 9.61. The number of ketones is 1. The predicted octanol–water partition coefficient (Wildman–Crippen LogP) is 1.45. The first-order valence-electron chi connectivity index (χ1n) is 4.21. The third kappa shape index (κ3) is 1.70. The lowest BCUT2D eigenvalue weighted by Gasteiger charge is -2.06. The minimum absolute atomic E-state index is 0.0614. The highest BCUT2D eigenvalue weighted by molar-refractivity contribution is 7.86. The molecule has 2 atom stereocenters. The molecule has 0 radical (unpaired) electrons. The molecule has 0 aliphatic carbocycles. The van der Waals surface area contributed by atoms with E-state index in [4.69, 9.17) is 0 Å². The van der Waals surface area contributed by atoms with Gasteiger partial charge in [0.2, 0.25) is 0 Å². The number of rotatable bonds is 1. The van der Waals surface area contributed by atoms with Crippen LogP contribution in [0.5, 0.6) is 0 Å². The number of benzene rings is 1. The number of carbonyl (C=O) groups excluding carboxylic acids is 1. The molecule has 68 valence electrons. The Hall–Kier alpha value is -0.960. The number of hydrogen-bond acceptors (Lipinski definition) is 2. The lowest BCUT2D eigenvalue weighted by atomic mass is 10.1. The molecule has 1 aliphatic rings. The molecule has 0 amide bonds. The Morgan fingerprint density at radius 1 is 1.23 bits per heavy atom. The van der Waals surface area contributed by atoms with E-state index in [0.29, 0.717) is 6.42 Å². The first-order chi connectivity index (χ1) is 6.27. The molecule has 0 bridgehead atoms. The minimum atomic E-state index is -0.991. The van der Waals surface area contributed by atoms with Crippen LogP contribution in [0.3, 0.4) is 0 Å². The van der Waals surface area contributed by atoms with Crippen LogP contribution < -0.4 is 0 Å². The normalized spacial score (nSPS) is 27.8. The van der Waals surface area contributed by atoms with Gasteiger partial charge in [0.25, 0.3) is 0 Å². The van der Waals surface area contributed by atoms with Crippen molar-refractivity contribution in [3.05, 3.63) is 35.9 Å². The summed E-state index contributed by atoms with van der Waals surface area (Å²) in [5.41, 5.74) is 1.02. The molecule has 2 rings (SSSR count). The van der Waals surface area contributed by atoms with Crippen molar-refractivity contribution in [2.24, 2.45) is 0 Å². The maximum Gasteiger partial charge on any atom is 0.146 e. The molecule has 0 spiro atoms. The lowest BCUT2D eigenvalue weighted by molar-refractivity contribution is -0.116. The highest BCUT2D eigenvalue weighted by atomic mass is 32.2. The fraction of sp³-hybridized carbons (Fsp3) is 0.300. The average molecular weight is 194 g/mol. The Morgan fingerprint density at radius 3 is 2.46 bits per heavy atom. The standard InChI is InChI=1S/C10H10O2S/c11-9-6-10(13(12)7-9)8-4-2-1-3-5-8/h1-5,10H,6-7H2. The summed E-state index contributed by atoms with van der Waals surface area (Å²) >= 11 is 0. The molecule has 1 fully saturated rings. The molecule has 1 saturated heterocycles. The maximum atomic E-state index is 11.5. The van der Waals surface area contributed by atoms with Crippen LogP contribution in [-0.2, 0) is 15.6 Å². The van der Waals surface area contributed by atoms with Crippen LogP contribution in [0.1, 0.15) is 17.2 Å². The highest BCUT2D eigenvalue weighted by Crippen LogP contribution is 2.29. The number of carbonyl (C=O) groups is 1. The molecule has 1 heterocycles. The molecule has 1 aromatic carbocycles. The molecule has 2 unspecified atom stereocenters. The van der Waals surface area contributed by atoms with E-state index in [2.05, 4.69) is 0 Å². The van der Waals surface area contributed by atoms with E-state index in [9.17, 15) is 9.00 Å². The van der Waals surface area contributed by atoms with E-state index in [-0.39, 0.29) is 16.8 Å². The van der Waals surface area contributed by atoms with E-state index in [1.807, 2.05) is 30.3 Å². The molecular weight excluding hydrogens is 184 g/mol. The van der Waals surface area contributed by atoms with E-state index in [1.165, 1.54) is 0 Å². The summed E-state index contributed by atoms with van der Waals surface area (Å²) in [6.45, 7) is 0. The van der Waals surface area contributed by atoms with E-state index in [1.54, 1.807) is 0 Å². The second-order valence-electron chi connectivity index (χ2n) is 3.17. The molecule has 1 aliphatic heterocycles. The van der Waals surface area contributed by atoms with Crippen molar-refractivity contribution in [1.82, 2.24) is 0 Å². The minimum Gasteiger partial charge on any atom is -0.299 e. The van der Waals surface area contributed by atoms with Gasteiger partial charge < -0.3 is 0 Å². The highest BCUT2D eigenvalue weighted by Gasteiger charge is 2.30. The van der Waals surface area contributed by atoms with Crippen LogP contribution in [-0.4, -0.2) is 15.7 Å². The quantitative estimate of drug-likeness (QED) is 0.678. The zero-order valence-corrected chi connectivity index (χ0v) is 7.92. The smallest absolute Gasteiger partial charge is 0.146 e. The van der Waals surface area contributed by atoms with Gasteiger partial charge in [0, 0.05) is 17.2 Å². The zero-order chi connectivity index (χ0) is 9.26. The summed E-state index contributed by atoms with van der Waals surface area (Å²) in [5.74, 6) is 0.353. The molecule has 3 heteroatoms. The molecule has 0 aromatic heterocycles. The second-order valence-corrected chi connectivity index (χ2v) is 4.79. The fourth-order valence-electron chi connectivity index (χ4n) is 1.56. The van der Waals surface area contributed by atoms with Crippen LogP contribution in [0, 0.1) is 0 Å². The van der Waals surface area contributed by atoms with Gasteiger partial charge in [-0.05, 0) is 5.56 Å². The summed E-state index contributed by atoms with van der Waals surface area (Å²) in [4.78, 5) is 11.0. The molecule has 13 heavy (non-hydrogen) atoms. The van der Waals surface area contributed by atoms with E-state index < -0.39 is 10.8 Å². The Kier molecular flexibility index (Phi) is 2.27. The van der Waals surface area contributed by atoms with Crippen LogP contribution in [0.4, 0.5) is 0 Å². The SMILES string of the molecule is O=C1CC(c2ccccc2)S(=O)C1. The molecule has 0 N–H and O–H groups in total. The maximum absolute atomic E-state index is 11.5. The third-order valence-electron chi connectivity index (χ3n) is 2.21. The van der Waals surface area contributed by atoms with Crippen LogP contribution in [0.25, 0.3) is 0 Å². The number of Topliss-reactive ketones (excluding diaryl/α,β-unsaturated/α-hetero) is 1. The molecule has 2 nitrogen and oxygen atoms in total. The van der Waals surface area contributed by atoms with Crippen molar-refractivity contribution in [3.63, 3.8) is 0 Å². The van der Waals surface area contributed by atoms with E-state index >= 15 is 0 Å². The van der Waals surface area contributed by atoms with Crippen molar-refractivity contribution in [2.45, 2.75) is 11.7 Å². The Morgan fingerprint density at radius 2 is 1.92 bits per heavy atom. The Balaban J connectivity index is 2.28. The van der Waals surface area contributed by atoms with Crippen molar-refractivity contribution in [1.29, 1.82) is 0 Å². The third-order valence-corrected chi connectivity index (χ3v) is 3.89. The summed E-state index contributed by atoms with van der Waals surface area (Å²) in [6.07, 6.45) is 0.441. The summed E-state index contributed by atoms with van der Waals surface area (Å²) in [5, 5.41) is -0.0614. The average Bonchev–Trinajstić information content (AvgIpc) is 2.47. The lowest BCUT2D eigenvalue weighted by Crippen LogP contribution is -1.99. The molecule has 0 saturated carbocycles. The Bertz CT molecular complexity index is 345. The van der Waals surface area contributed by atoms with Gasteiger partial charge in [-0.2, -0.15) is 0 Å². The molecular formula is C10H10O2S. The summed E-state index contributed by atoms with van der Waals surface area (Å²) in [7, 11) is -0.991. The van der Waals surface area contributed by atoms with Crippen molar-refractivity contribution in [2.75, 3.05) is 5.75 Å². The topological polar surface area (TPSA) is 34.1 Å². The largest absolute Gasteiger partial charge is 0.299 e. The van der Waals surface area contributed by atoms with Crippen molar-refractivity contribution in [3.8, 4) is 0 Å². The summed E-state index contributed by atoms with van der Waals surface area (Å²) < 4.78 is 11.5. The molecule has 1 aromatic rings. The van der Waals surface area contributed by atoms with Crippen LogP contribution >= 0.6 is 0 Å². The monoisotopic (exact) mass is 194 g/mol. The van der Waals surface area contributed by atoms with Gasteiger partial charge in [-0.25, -0.2) is 0 Å².